The Morgan fingerprint density at radius 3 is 2.72 bits per heavy atom. The number of aromatic nitrogens is 1. The van der Waals surface area contributed by atoms with Crippen molar-refractivity contribution in [2.45, 2.75) is 65.3 Å². The third-order valence-corrected chi connectivity index (χ3v) is 4.81. The number of piperazine rings is 1. The number of ether oxygens (including phenoxy) is 2. The second kappa shape index (κ2) is 6.48. The molecule has 2 atom stereocenters. The Hall–Kier alpha value is -1.82. The van der Waals surface area contributed by atoms with Gasteiger partial charge < -0.3 is 19.3 Å². The van der Waals surface area contributed by atoms with Gasteiger partial charge in [0, 0.05) is 31.9 Å². The Morgan fingerprint density at radius 1 is 1.36 bits per heavy atom. The van der Waals surface area contributed by atoms with Crippen LogP contribution in [0.25, 0.3) is 0 Å². The third kappa shape index (κ3) is 3.59. The van der Waals surface area contributed by atoms with Crippen LogP contribution in [0.4, 0.5) is 10.6 Å². The Balaban J connectivity index is 1.80. The molecule has 1 saturated heterocycles. The van der Waals surface area contributed by atoms with Crippen molar-refractivity contribution in [2.75, 3.05) is 25.1 Å². The molecule has 2 aliphatic heterocycles. The van der Waals surface area contributed by atoms with Gasteiger partial charge in [0.15, 0.2) is 0 Å². The number of fused-ring (bicyclic) bond motifs is 3. The first-order valence-electron chi connectivity index (χ1n) is 8.94. The SMILES string of the molecule is COCc1cc2c(nc1C)N1[C@H](C2)CN(C(=O)OC(C)(C)C)C[C@H]1C. The Morgan fingerprint density at radius 2 is 2.08 bits per heavy atom. The molecular weight excluding hydrogens is 318 g/mol. The van der Waals surface area contributed by atoms with Crippen LogP contribution in [0.15, 0.2) is 6.07 Å². The summed E-state index contributed by atoms with van der Waals surface area (Å²) in [6.45, 7) is 11.8. The van der Waals surface area contributed by atoms with Crippen LogP contribution in [0.5, 0.6) is 0 Å². The minimum Gasteiger partial charge on any atom is -0.444 e. The highest BCUT2D eigenvalue weighted by atomic mass is 16.6. The maximum atomic E-state index is 12.5. The normalized spacial score (nSPS) is 22.6. The first-order chi connectivity index (χ1) is 11.7. The zero-order chi connectivity index (χ0) is 18.4. The molecule has 6 heteroatoms. The lowest BCUT2D eigenvalue weighted by atomic mass is 10.1. The smallest absolute Gasteiger partial charge is 0.410 e. The van der Waals surface area contributed by atoms with E-state index < -0.39 is 5.60 Å². The maximum Gasteiger partial charge on any atom is 0.410 e. The molecule has 2 aliphatic rings. The van der Waals surface area contributed by atoms with Crippen molar-refractivity contribution < 1.29 is 14.3 Å². The van der Waals surface area contributed by atoms with Crippen molar-refractivity contribution in [2.24, 2.45) is 0 Å². The first kappa shape index (κ1) is 18.0. The lowest BCUT2D eigenvalue weighted by molar-refractivity contribution is 0.0191. The summed E-state index contributed by atoms with van der Waals surface area (Å²) < 4.78 is 10.8. The molecule has 0 N–H and O–H groups in total. The van der Waals surface area contributed by atoms with Gasteiger partial charge in [0.25, 0.3) is 0 Å². The van der Waals surface area contributed by atoms with Crippen molar-refractivity contribution in [3.05, 3.63) is 22.9 Å². The van der Waals surface area contributed by atoms with E-state index in [1.54, 1.807) is 7.11 Å². The number of amides is 1. The lowest BCUT2D eigenvalue weighted by Gasteiger charge is -2.43. The predicted octanol–water partition coefficient (Wildman–Crippen LogP) is 2.91. The highest BCUT2D eigenvalue weighted by Gasteiger charge is 2.41. The summed E-state index contributed by atoms with van der Waals surface area (Å²) in [6, 6.07) is 2.69. The van der Waals surface area contributed by atoms with Crippen LogP contribution in [0.2, 0.25) is 0 Å². The van der Waals surface area contributed by atoms with Crippen molar-refractivity contribution in [1.29, 1.82) is 0 Å². The molecule has 138 valence electrons. The fourth-order valence-corrected chi connectivity index (χ4v) is 3.81. The van der Waals surface area contributed by atoms with Crippen LogP contribution < -0.4 is 4.90 Å². The van der Waals surface area contributed by atoms with Crippen LogP contribution in [-0.4, -0.2) is 53.9 Å². The second-order valence-corrected chi connectivity index (χ2v) is 8.15. The standard InChI is InChI=1S/C19H29N3O3/c1-12-9-21(18(23)25-19(3,4)5)10-16-8-14-7-15(11-24-6)13(2)20-17(14)22(12)16/h7,12,16H,8-11H2,1-6H3/t12-,16-/m1/s1. The number of hydrogen-bond donors (Lipinski definition) is 0. The molecule has 0 bridgehead atoms. The number of carbonyl (C=O) groups is 1. The van der Waals surface area contributed by atoms with Gasteiger partial charge in [-0.1, -0.05) is 0 Å². The van der Waals surface area contributed by atoms with Crippen molar-refractivity contribution >= 4 is 11.9 Å². The highest BCUT2D eigenvalue weighted by molar-refractivity contribution is 5.69. The maximum absolute atomic E-state index is 12.5. The average Bonchev–Trinajstić information content (AvgIpc) is 2.84. The fraction of sp³-hybridized carbons (Fsp3) is 0.684. The van der Waals surface area contributed by atoms with E-state index in [1.165, 1.54) is 5.56 Å². The molecule has 0 aromatic carbocycles. The second-order valence-electron chi connectivity index (χ2n) is 8.15. The fourth-order valence-electron chi connectivity index (χ4n) is 3.81. The van der Waals surface area contributed by atoms with Gasteiger partial charge >= 0.3 is 6.09 Å². The zero-order valence-corrected chi connectivity index (χ0v) is 16.1. The quantitative estimate of drug-likeness (QED) is 0.823. The van der Waals surface area contributed by atoms with Gasteiger partial charge in [-0.05, 0) is 58.2 Å². The molecule has 3 heterocycles. The van der Waals surface area contributed by atoms with E-state index in [2.05, 4.69) is 17.9 Å². The topological polar surface area (TPSA) is 54.9 Å². The van der Waals surface area contributed by atoms with Crippen molar-refractivity contribution in [3.63, 3.8) is 0 Å². The number of rotatable bonds is 2. The van der Waals surface area contributed by atoms with Crippen LogP contribution in [0.3, 0.4) is 0 Å². The van der Waals surface area contributed by atoms with Crippen LogP contribution in [-0.2, 0) is 22.5 Å². The molecule has 1 aromatic rings. The minimum atomic E-state index is -0.468. The molecule has 25 heavy (non-hydrogen) atoms. The summed E-state index contributed by atoms with van der Waals surface area (Å²) in [5.74, 6) is 1.07. The van der Waals surface area contributed by atoms with Crippen LogP contribution >= 0.6 is 0 Å². The highest BCUT2D eigenvalue weighted by Crippen LogP contribution is 2.36. The van der Waals surface area contributed by atoms with Gasteiger partial charge in [0.2, 0.25) is 0 Å². The van der Waals surface area contributed by atoms with E-state index in [9.17, 15) is 4.79 Å². The number of anilines is 1. The number of methoxy groups -OCH3 is 1. The third-order valence-electron chi connectivity index (χ3n) is 4.81. The monoisotopic (exact) mass is 347 g/mol. The molecule has 1 fully saturated rings. The number of hydrogen-bond acceptors (Lipinski definition) is 5. The minimum absolute atomic E-state index is 0.215. The summed E-state index contributed by atoms with van der Waals surface area (Å²) in [6.07, 6.45) is 0.683. The van der Waals surface area contributed by atoms with Crippen LogP contribution in [0.1, 0.15) is 44.5 Å². The molecular formula is C19H29N3O3. The van der Waals surface area contributed by atoms with E-state index in [0.29, 0.717) is 19.7 Å². The van der Waals surface area contributed by atoms with Crippen molar-refractivity contribution in [1.82, 2.24) is 9.88 Å². The van der Waals surface area contributed by atoms with Gasteiger partial charge in [0.1, 0.15) is 11.4 Å². The van der Waals surface area contributed by atoms with Crippen LogP contribution in [0, 0.1) is 6.92 Å². The molecule has 0 spiro atoms. The number of carbonyl (C=O) groups excluding carboxylic acids is 1. The zero-order valence-electron chi connectivity index (χ0n) is 16.1. The molecule has 0 radical (unpaired) electrons. The van der Waals surface area contributed by atoms with E-state index in [-0.39, 0.29) is 18.2 Å². The molecule has 0 aliphatic carbocycles. The van der Waals surface area contributed by atoms with Crippen molar-refractivity contribution in [3.8, 4) is 0 Å². The molecule has 0 saturated carbocycles. The average molecular weight is 347 g/mol. The summed E-state index contributed by atoms with van der Waals surface area (Å²) >= 11 is 0. The number of pyridine rings is 1. The van der Waals surface area contributed by atoms with E-state index in [4.69, 9.17) is 14.5 Å². The largest absolute Gasteiger partial charge is 0.444 e. The van der Waals surface area contributed by atoms with Gasteiger partial charge in [0.05, 0.1) is 12.6 Å². The molecule has 0 unspecified atom stereocenters. The molecule has 6 nitrogen and oxygen atoms in total. The van der Waals surface area contributed by atoms with E-state index >= 15 is 0 Å². The lowest BCUT2D eigenvalue weighted by Crippen LogP contribution is -2.58. The van der Waals surface area contributed by atoms with E-state index in [0.717, 1.165) is 23.5 Å². The summed E-state index contributed by atoms with van der Waals surface area (Å²) in [4.78, 5) is 21.5. The molecule has 1 amide bonds. The van der Waals surface area contributed by atoms with E-state index in [1.807, 2.05) is 32.6 Å². The van der Waals surface area contributed by atoms with Gasteiger partial charge in [-0.3, -0.25) is 0 Å². The number of nitrogens with zero attached hydrogens (tertiary/aromatic N) is 3. The predicted molar refractivity (Wildman–Crippen MR) is 96.9 cm³/mol. The Labute approximate surface area is 150 Å². The molecule has 3 rings (SSSR count). The summed E-state index contributed by atoms with van der Waals surface area (Å²) in [7, 11) is 1.71. The Kier molecular flexibility index (Phi) is 4.66. The van der Waals surface area contributed by atoms with Gasteiger partial charge in [-0.2, -0.15) is 0 Å². The molecule has 1 aromatic heterocycles. The summed E-state index contributed by atoms with van der Waals surface area (Å²) in [5.41, 5.74) is 2.94. The van der Waals surface area contributed by atoms with Gasteiger partial charge in [-0.15, -0.1) is 0 Å². The Bertz CT molecular complexity index is 669. The van der Waals surface area contributed by atoms with Gasteiger partial charge in [-0.25, -0.2) is 9.78 Å². The first-order valence-corrected chi connectivity index (χ1v) is 8.94. The number of aryl methyl sites for hydroxylation is 1. The summed E-state index contributed by atoms with van der Waals surface area (Å²) in [5, 5.41) is 0.